The van der Waals surface area contributed by atoms with Crippen LogP contribution in [0.2, 0.25) is 0 Å². The highest BCUT2D eigenvalue weighted by molar-refractivity contribution is 5.89. The molecule has 0 bridgehead atoms. The second-order valence-electron chi connectivity index (χ2n) is 5.67. The van der Waals surface area contributed by atoms with Crippen molar-refractivity contribution >= 4 is 5.97 Å². The van der Waals surface area contributed by atoms with Crippen LogP contribution in [0, 0.1) is 5.82 Å². The van der Waals surface area contributed by atoms with E-state index in [4.69, 9.17) is 9.47 Å². The van der Waals surface area contributed by atoms with Crippen molar-refractivity contribution in [2.45, 2.75) is 33.3 Å². The first kappa shape index (κ1) is 16.6. The lowest BCUT2D eigenvalue weighted by molar-refractivity contribution is 0.0517. The number of ether oxygens (including phenoxy) is 2. The summed E-state index contributed by atoms with van der Waals surface area (Å²) in [5, 5.41) is 0. The van der Waals surface area contributed by atoms with E-state index in [-0.39, 0.29) is 18.1 Å². The number of nitrogens with zero attached hydrogens (tertiary/aromatic N) is 1. The molecule has 0 saturated carbocycles. The summed E-state index contributed by atoms with van der Waals surface area (Å²) in [5.74, 6) is -0.790. The van der Waals surface area contributed by atoms with Crippen LogP contribution in [0.25, 0.3) is 11.1 Å². The number of carbonyl (C=O) groups excluding carboxylic acids is 1. The van der Waals surface area contributed by atoms with Gasteiger partial charge in [0.2, 0.25) is 0 Å². The number of pyridine rings is 1. The third-order valence-corrected chi connectivity index (χ3v) is 4.16. The predicted molar refractivity (Wildman–Crippen MR) is 88.3 cm³/mol. The van der Waals surface area contributed by atoms with Crippen molar-refractivity contribution in [2.75, 3.05) is 13.2 Å². The highest BCUT2D eigenvalue weighted by Gasteiger charge is 2.22. The minimum absolute atomic E-state index is 0.190. The average Bonchev–Trinajstić information content (AvgIpc) is 2.61. The first-order valence-corrected chi connectivity index (χ1v) is 8.20. The number of hydrogen-bond donors (Lipinski definition) is 0. The van der Waals surface area contributed by atoms with Crippen molar-refractivity contribution in [3.8, 4) is 11.1 Å². The zero-order chi connectivity index (χ0) is 17.1. The number of benzene rings is 1. The Labute approximate surface area is 140 Å². The van der Waals surface area contributed by atoms with E-state index in [1.54, 1.807) is 25.1 Å². The maximum absolute atomic E-state index is 14.6. The minimum Gasteiger partial charge on any atom is -0.461 e. The predicted octanol–water partition coefficient (Wildman–Crippen LogP) is 3.70. The highest BCUT2D eigenvalue weighted by Crippen LogP contribution is 2.32. The molecule has 0 saturated heterocycles. The fraction of sp³-hybridized carbons (Fsp3) is 0.368. The van der Waals surface area contributed by atoms with Crippen molar-refractivity contribution in [2.24, 2.45) is 0 Å². The number of halogens is 1. The Bertz CT molecular complexity index is 773. The summed E-state index contributed by atoms with van der Waals surface area (Å²) in [6, 6.07) is 6.86. The maximum Gasteiger partial charge on any atom is 0.356 e. The lowest BCUT2D eigenvalue weighted by Crippen LogP contribution is -2.17. The number of aromatic nitrogens is 1. The number of aryl methyl sites for hydroxylation is 1. The summed E-state index contributed by atoms with van der Waals surface area (Å²) in [4.78, 5) is 16.4. The molecule has 0 fully saturated rings. The van der Waals surface area contributed by atoms with Gasteiger partial charge in [-0.1, -0.05) is 19.1 Å². The summed E-state index contributed by atoms with van der Waals surface area (Å²) >= 11 is 0. The monoisotopic (exact) mass is 329 g/mol. The molecule has 2 aromatic rings. The smallest absolute Gasteiger partial charge is 0.356 e. The Morgan fingerprint density at radius 3 is 2.83 bits per heavy atom. The molecule has 0 N–H and O–H groups in total. The van der Waals surface area contributed by atoms with Crippen molar-refractivity contribution in [1.29, 1.82) is 0 Å². The number of carbonyl (C=O) groups is 1. The van der Waals surface area contributed by atoms with Crippen LogP contribution >= 0.6 is 0 Å². The Morgan fingerprint density at radius 1 is 1.29 bits per heavy atom. The molecule has 126 valence electrons. The minimum atomic E-state index is -0.502. The Kier molecular flexibility index (Phi) is 4.90. The van der Waals surface area contributed by atoms with Gasteiger partial charge < -0.3 is 9.47 Å². The molecule has 0 atom stereocenters. The number of hydrogen-bond acceptors (Lipinski definition) is 4. The van der Waals surface area contributed by atoms with E-state index in [0.717, 1.165) is 17.5 Å². The standard InChI is InChI=1S/C19H20FNO3/c1-3-12-5-6-13(16(20)9-12)15-10-17(19(22)24-4-2)21-18-11-23-8-7-14(15)18/h5-6,9-10H,3-4,7-8,11H2,1-2H3. The Balaban J connectivity index is 2.15. The van der Waals surface area contributed by atoms with Crippen molar-refractivity contribution in [3.63, 3.8) is 0 Å². The van der Waals surface area contributed by atoms with Crippen molar-refractivity contribution < 1.29 is 18.7 Å². The Morgan fingerprint density at radius 2 is 2.12 bits per heavy atom. The third kappa shape index (κ3) is 3.17. The van der Waals surface area contributed by atoms with Gasteiger partial charge in [-0.05, 0) is 48.6 Å². The van der Waals surface area contributed by atoms with E-state index >= 15 is 0 Å². The fourth-order valence-corrected chi connectivity index (χ4v) is 2.91. The van der Waals surface area contributed by atoms with Gasteiger partial charge in [0.15, 0.2) is 0 Å². The largest absolute Gasteiger partial charge is 0.461 e. The van der Waals surface area contributed by atoms with Crippen molar-refractivity contribution in [1.82, 2.24) is 4.98 Å². The van der Waals surface area contributed by atoms with E-state index in [0.29, 0.717) is 36.5 Å². The van der Waals surface area contributed by atoms with Gasteiger partial charge in [-0.15, -0.1) is 0 Å². The van der Waals surface area contributed by atoms with Gasteiger partial charge in [0.25, 0.3) is 0 Å². The van der Waals surface area contributed by atoms with E-state index in [9.17, 15) is 9.18 Å². The molecular weight excluding hydrogens is 309 g/mol. The molecule has 1 aliphatic heterocycles. The van der Waals surface area contributed by atoms with Gasteiger partial charge in [-0.3, -0.25) is 0 Å². The molecule has 0 radical (unpaired) electrons. The van der Waals surface area contributed by atoms with Gasteiger partial charge in [0, 0.05) is 5.56 Å². The second kappa shape index (κ2) is 7.09. The first-order valence-electron chi connectivity index (χ1n) is 8.20. The summed E-state index contributed by atoms with van der Waals surface area (Å²) in [7, 11) is 0. The van der Waals surface area contributed by atoms with Crippen LogP contribution in [0.3, 0.4) is 0 Å². The molecule has 3 rings (SSSR count). The lowest BCUT2D eigenvalue weighted by atomic mass is 9.93. The van der Waals surface area contributed by atoms with Crippen LogP contribution in [0.1, 0.15) is 41.2 Å². The molecule has 1 aliphatic rings. The van der Waals surface area contributed by atoms with Crippen LogP contribution in [0.15, 0.2) is 24.3 Å². The average molecular weight is 329 g/mol. The Hall–Kier alpha value is -2.27. The molecular formula is C19H20FNO3. The molecule has 5 heteroatoms. The molecule has 0 unspecified atom stereocenters. The maximum atomic E-state index is 14.6. The molecule has 1 aromatic heterocycles. The fourth-order valence-electron chi connectivity index (χ4n) is 2.91. The third-order valence-electron chi connectivity index (χ3n) is 4.16. The lowest BCUT2D eigenvalue weighted by Gasteiger charge is -2.20. The van der Waals surface area contributed by atoms with E-state index in [2.05, 4.69) is 4.98 Å². The van der Waals surface area contributed by atoms with Crippen LogP contribution in [0.5, 0.6) is 0 Å². The van der Waals surface area contributed by atoms with Gasteiger partial charge >= 0.3 is 5.97 Å². The van der Waals surface area contributed by atoms with Gasteiger partial charge in [-0.2, -0.15) is 0 Å². The van der Waals surface area contributed by atoms with Crippen LogP contribution in [-0.4, -0.2) is 24.2 Å². The van der Waals surface area contributed by atoms with E-state index < -0.39 is 5.97 Å². The zero-order valence-electron chi connectivity index (χ0n) is 13.9. The van der Waals surface area contributed by atoms with Crippen LogP contribution in [0.4, 0.5) is 4.39 Å². The molecule has 2 heterocycles. The number of esters is 1. The summed E-state index contributed by atoms with van der Waals surface area (Å²) in [5.41, 5.74) is 3.94. The zero-order valence-corrected chi connectivity index (χ0v) is 13.9. The quantitative estimate of drug-likeness (QED) is 0.803. The summed E-state index contributed by atoms with van der Waals surface area (Å²) in [6.07, 6.45) is 1.42. The molecule has 4 nitrogen and oxygen atoms in total. The first-order chi connectivity index (χ1) is 11.6. The molecule has 1 aromatic carbocycles. The topological polar surface area (TPSA) is 48.4 Å². The van der Waals surface area contributed by atoms with Gasteiger partial charge in [0.05, 0.1) is 25.5 Å². The van der Waals surface area contributed by atoms with Crippen LogP contribution in [-0.2, 0) is 28.9 Å². The summed E-state index contributed by atoms with van der Waals surface area (Å²) < 4.78 is 25.1. The second-order valence-corrected chi connectivity index (χ2v) is 5.67. The molecule has 0 aliphatic carbocycles. The molecule has 0 spiro atoms. The highest BCUT2D eigenvalue weighted by atomic mass is 19.1. The van der Waals surface area contributed by atoms with Gasteiger partial charge in [0.1, 0.15) is 11.5 Å². The van der Waals surface area contributed by atoms with Gasteiger partial charge in [-0.25, -0.2) is 14.2 Å². The SMILES string of the molecule is CCOC(=O)c1cc(-c2ccc(CC)cc2F)c2c(n1)COCC2. The van der Waals surface area contributed by atoms with E-state index in [1.165, 1.54) is 0 Å². The molecule has 24 heavy (non-hydrogen) atoms. The van der Waals surface area contributed by atoms with Crippen LogP contribution < -0.4 is 0 Å². The van der Waals surface area contributed by atoms with E-state index in [1.807, 2.05) is 13.0 Å². The number of fused-ring (bicyclic) bond motifs is 1. The summed E-state index contributed by atoms with van der Waals surface area (Å²) in [6.45, 7) is 4.88. The molecule has 0 amide bonds. The number of rotatable bonds is 4. The van der Waals surface area contributed by atoms with Crippen molar-refractivity contribution in [3.05, 3.63) is 52.6 Å². The normalized spacial score (nSPS) is 13.5.